The van der Waals surface area contributed by atoms with Crippen LogP contribution in [0.1, 0.15) is 17.2 Å². The summed E-state index contributed by atoms with van der Waals surface area (Å²) in [5, 5.41) is 13.7. The van der Waals surface area contributed by atoms with E-state index in [0.29, 0.717) is 19.0 Å². The van der Waals surface area contributed by atoms with Crippen LogP contribution in [-0.2, 0) is 0 Å². The van der Waals surface area contributed by atoms with Crippen LogP contribution in [-0.4, -0.2) is 43.5 Å². The van der Waals surface area contributed by atoms with Crippen LogP contribution in [0.3, 0.4) is 0 Å². The van der Waals surface area contributed by atoms with E-state index >= 15 is 0 Å². The van der Waals surface area contributed by atoms with Gasteiger partial charge in [-0.3, -0.25) is 4.90 Å². The zero-order chi connectivity index (χ0) is 13.7. The molecule has 2 heterocycles. The Bertz CT molecular complexity index is 416. The predicted molar refractivity (Wildman–Crippen MR) is 71.5 cm³/mol. The molecule has 0 bridgehead atoms. The van der Waals surface area contributed by atoms with Crippen molar-refractivity contribution in [3.63, 3.8) is 0 Å². The molecule has 1 aliphatic rings. The third-order valence-corrected chi connectivity index (χ3v) is 4.36. The second kappa shape index (κ2) is 6.94. The van der Waals surface area contributed by atoms with Crippen molar-refractivity contribution in [1.29, 1.82) is 5.26 Å². The van der Waals surface area contributed by atoms with E-state index in [9.17, 15) is 8.78 Å². The van der Waals surface area contributed by atoms with Crippen molar-refractivity contribution in [2.75, 3.05) is 26.2 Å². The fourth-order valence-electron chi connectivity index (χ4n) is 2.55. The number of hydrogen-bond acceptors (Lipinski definition) is 4. The first kappa shape index (κ1) is 14.4. The molecule has 104 valence electrons. The molecule has 0 aliphatic carbocycles. The molecule has 3 nitrogen and oxygen atoms in total. The molecule has 0 saturated carbocycles. The van der Waals surface area contributed by atoms with Crippen molar-refractivity contribution in [2.45, 2.75) is 24.8 Å². The number of nitrogens with one attached hydrogen (secondary N) is 1. The van der Waals surface area contributed by atoms with Gasteiger partial charge in [0.25, 0.3) is 6.43 Å². The fraction of sp³-hybridized carbons (Fsp3) is 0.615. The second-order valence-electron chi connectivity index (χ2n) is 4.80. The topological polar surface area (TPSA) is 39.1 Å². The maximum atomic E-state index is 12.3. The van der Waals surface area contributed by atoms with Gasteiger partial charge in [0.2, 0.25) is 0 Å². The van der Waals surface area contributed by atoms with Gasteiger partial charge < -0.3 is 5.32 Å². The van der Waals surface area contributed by atoms with E-state index < -0.39 is 6.43 Å². The zero-order valence-corrected chi connectivity index (χ0v) is 11.4. The molecule has 1 fully saturated rings. The molecule has 19 heavy (non-hydrogen) atoms. The number of halogens is 2. The maximum absolute atomic E-state index is 12.3. The maximum Gasteiger partial charge on any atom is 0.250 e. The summed E-state index contributed by atoms with van der Waals surface area (Å²) in [6.45, 7) is 1.58. The highest BCUT2D eigenvalue weighted by molar-refractivity contribution is 7.10. The van der Waals surface area contributed by atoms with Crippen LogP contribution in [0.5, 0.6) is 0 Å². The molecule has 1 saturated heterocycles. The van der Waals surface area contributed by atoms with Crippen LogP contribution in [0.15, 0.2) is 17.5 Å². The molecule has 2 rings (SSSR count). The Balaban J connectivity index is 1.98. The number of nitriles is 1. The minimum atomic E-state index is -2.33. The average Bonchev–Trinajstić information content (AvgIpc) is 2.90. The summed E-state index contributed by atoms with van der Waals surface area (Å²) in [7, 11) is 0. The van der Waals surface area contributed by atoms with E-state index in [-0.39, 0.29) is 12.6 Å². The number of thiophene rings is 1. The monoisotopic (exact) mass is 285 g/mol. The van der Waals surface area contributed by atoms with Crippen molar-refractivity contribution in [2.24, 2.45) is 0 Å². The number of likely N-dealkylation sites (tertiary alicyclic amines) is 1. The van der Waals surface area contributed by atoms with Crippen LogP contribution < -0.4 is 5.32 Å². The van der Waals surface area contributed by atoms with E-state index in [1.54, 1.807) is 11.3 Å². The van der Waals surface area contributed by atoms with Gasteiger partial charge in [0, 0.05) is 29.9 Å². The van der Waals surface area contributed by atoms with Gasteiger partial charge >= 0.3 is 0 Å². The Morgan fingerprint density at radius 1 is 1.53 bits per heavy atom. The summed E-state index contributed by atoms with van der Waals surface area (Å²) in [6.07, 6.45) is -1.47. The van der Waals surface area contributed by atoms with Crippen LogP contribution >= 0.6 is 11.3 Å². The van der Waals surface area contributed by atoms with Crippen molar-refractivity contribution in [1.82, 2.24) is 10.2 Å². The van der Waals surface area contributed by atoms with Crippen LogP contribution in [0, 0.1) is 11.3 Å². The average molecular weight is 285 g/mol. The Kier molecular flexibility index (Phi) is 5.25. The summed E-state index contributed by atoms with van der Waals surface area (Å²) in [5.74, 6) is 0.331. The van der Waals surface area contributed by atoms with Crippen molar-refractivity contribution >= 4 is 11.3 Å². The van der Waals surface area contributed by atoms with E-state index in [4.69, 9.17) is 5.26 Å². The van der Waals surface area contributed by atoms with E-state index in [1.807, 2.05) is 16.3 Å². The second-order valence-corrected chi connectivity index (χ2v) is 5.78. The smallest absolute Gasteiger partial charge is 0.250 e. The number of piperidine rings is 1. The van der Waals surface area contributed by atoms with Gasteiger partial charge in [-0.1, -0.05) is 6.07 Å². The normalized spacial score (nSPS) is 24.5. The van der Waals surface area contributed by atoms with Gasteiger partial charge in [0.05, 0.1) is 19.2 Å². The van der Waals surface area contributed by atoms with Gasteiger partial charge in [0.1, 0.15) is 0 Å². The lowest BCUT2D eigenvalue weighted by Crippen LogP contribution is -2.49. The lowest BCUT2D eigenvalue weighted by molar-refractivity contribution is 0.125. The molecule has 0 aromatic carbocycles. The number of alkyl halides is 2. The molecular formula is C13H17F2N3S. The molecule has 1 aromatic rings. The number of hydrogen-bond donors (Lipinski definition) is 1. The Hall–Kier alpha value is -1.03. The SMILES string of the molecule is N#CCN1CC(NCC(F)F)CC(c2cccs2)C1. The lowest BCUT2D eigenvalue weighted by atomic mass is 9.93. The number of nitrogens with zero attached hydrogens (tertiary/aromatic N) is 2. The van der Waals surface area contributed by atoms with Gasteiger partial charge in [0.15, 0.2) is 0 Å². The van der Waals surface area contributed by atoms with Crippen molar-refractivity contribution in [3.8, 4) is 6.07 Å². The molecule has 0 spiro atoms. The molecule has 0 amide bonds. The standard InChI is InChI=1S/C13H17F2N3S/c14-13(15)7-17-11-6-10(12-2-1-5-19-12)8-18(9-11)4-3-16/h1-2,5,10-11,13,17H,4,6-9H2. The van der Waals surface area contributed by atoms with E-state index in [2.05, 4.69) is 17.5 Å². The predicted octanol–water partition coefficient (Wildman–Crippen LogP) is 2.28. The molecular weight excluding hydrogens is 268 g/mol. The van der Waals surface area contributed by atoms with Gasteiger partial charge in [-0.25, -0.2) is 8.78 Å². The quantitative estimate of drug-likeness (QED) is 0.844. The molecule has 1 N–H and O–H groups in total. The fourth-order valence-corrected chi connectivity index (χ4v) is 3.39. The third-order valence-electron chi connectivity index (χ3n) is 3.33. The van der Waals surface area contributed by atoms with Gasteiger partial charge in [-0.2, -0.15) is 5.26 Å². The highest BCUT2D eigenvalue weighted by Gasteiger charge is 2.28. The first-order valence-corrected chi connectivity index (χ1v) is 7.21. The highest BCUT2D eigenvalue weighted by Crippen LogP contribution is 2.30. The highest BCUT2D eigenvalue weighted by atomic mass is 32.1. The van der Waals surface area contributed by atoms with E-state index in [0.717, 1.165) is 13.0 Å². The summed E-state index contributed by atoms with van der Waals surface area (Å²) in [5.41, 5.74) is 0. The Morgan fingerprint density at radius 2 is 2.37 bits per heavy atom. The molecule has 2 unspecified atom stereocenters. The molecule has 0 radical (unpaired) electrons. The summed E-state index contributed by atoms with van der Waals surface area (Å²) < 4.78 is 24.6. The third kappa shape index (κ3) is 4.23. The molecule has 2 atom stereocenters. The van der Waals surface area contributed by atoms with Crippen LogP contribution in [0.25, 0.3) is 0 Å². The minimum absolute atomic E-state index is 0.0307. The minimum Gasteiger partial charge on any atom is -0.307 e. The largest absolute Gasteiger partial charge is 0.307 e. The number of rotatable bonds is 5. The lowest BCUT2D eigenvalue weighted by Gasteiger charge is -2.36. The van der Waals surface area contributed by atoms with Gasteiger partial charge in [-0.15, -0.1) is 11.3 Å². The Labute approximate surface area is 115 Å². The molecule has 6 heteroatoms. The zero-order valence-electron chi connectivity index (χ0n) is 10.6. The summed E-state index contributed by atoms with van der Waals surface area (Å²) >= 11 is 1.69. The first-order chi connectivity index (χ1) is 9.19. The van der Waals surface area contributed by atoms with Gasteiger partial charge in [-0.05, 0) is 17.9 Å². The van der Waals surface area contributed by atoms with Crippen LogP contribution in [0.2, 0.25) is 0 Å². The Morgan fingerprint density at radius 3 is 3.00 bits per heavy atom. The summed E-state index contributed by atoms with van der Waals surface area (Å²) in [6, 6.07) is 6.26. The first-order valence-electron chi connectivity index (χ1n) is 6.33. The molecule has 1 aliphatic heterocycles. The van der Waals surface area contributed by atoms with E-state index in [1.165, 1.54) is 4.88 Å². The molecule has 1 aromatic heterocycles. The van der Waals surface area contributed by atoms with Crippen LogP contribution in [0.4, 0.5) is 8.78 Å². The van der Waals surface area contributed by atoms with Crippen molar-refractivity contribution in [3.05, 3.63) is 22.4 Å². The van der Waals surface area contributed by atoms with Crippen molar-refractivity contribution < 1.29 is 8.78 Å². The summed E-state index contributed by atoms with van der Waals surface area (Å²) in [4.78, 5) is 3.31.